The summed E-state index contributed by atoms with van der Waals surface area (Å²) < 4.78 is 5.12. The summed E-state index contributed by atoms with van der Waals surface area (Å²) in [6, 6.07) is -0.0628. The van der Waals surface area contributed by atoms with Crippen LogP contribution in [-0.2, 0) is 9.53 Å². The van der Waals surface area contributed by atoms with E-state index in [2.05, 4.69) is 5.32 Å². The molecule has 0 saturated carbocycles. The molecule has 0 aromatic heterocycles. The molecule has 0 unspecified atom stereocenters. The Morgan fingerprint density at radius 3 is 3.07 bits per heavy atom. The minimum Gasteiger partial charge on any atom is -0.469 e. The van der Waals surface area contributed by atoms with Crippen LogP contribution in [0, 0.1) is 0 Å². The summed E-state index contributed by atoms with van der Waals surface area (Å²) in [6.07, 6.45) is 4.39. The third kappa shape index (κ3) is 2.46. The summed E-state index contributed by atoms with van der Waals surface area (Å²) in [4.78, 5) is 13.6. The molecule has 1 amide bonds. The molecule has 5 heteroatoms. The lowest BCUT2D eigenvalue weighted by Gasteiger charge is -2.20. The number of nitrogens with one attached hydrogen (secondary N) is 1. The molecule has 4 nitrogen and oxygen atoms in total. The highest BCUT2D eigenvalue weighted by Gasteiger charge is 2.30. The van der Waals surface area contributed by atoms with Gasteiger partial charge in [0.1, 0.15) is 6.61 Å². The van der Waals surface area contributed by atoms with Gasteiger partial charge in [0.2, 0.25) is 5.91 Å². The van der Waals surface area contributed by atoms with Gasteiger partial charge < -0.3 is 10.1 Å². The maximum Gasteiger partial charge on any atom is 0.266 e. The summed E-state index contributed by atoms with van der Waals surface area (Å²) in [6.45, 7) is 2.07. The van der Waals surface area contributed by atoms with Gasteiger partial charge in [-0.15, -0.1) is 0 Å². The predicted octanol–water partition coefficient (Wildman–Crippen LogP) is 0.662. The van der Waals surface area contributed by atoms with Gasteiger partial charge in [0.25, 0.3) is 5.17 Å². The first-order valence-electron chi connectivity index (χ1n) is 5.50. The lowest BCUT2D eigenvalue weighted by Crippen LogP contribution is -2.46. The molecular formula is C10H16N2O2S. The molecule has 2 saturated heterocycles. The van der Waals surface area contributed by atoms with Crippen molar-refractivity contribution in [3.8, 4) is 0 Å². The van der Waals surface area contributed by atoms with Crippen LogP contribution in [0.15, 0.2) is 0 Å². The fourth-order valence-electron chi connectivity index (χ4n) is 2.02. The van der Waals surface area contributed by atoms with E-state index in [-0.39, 0.29) is 11.9 Å². The Bertz CT molecular complexity index is 262. The molecule has 2 aliphatic heterocycles. The Hall–Kier alpha value is -0.680. The van der Waals surface area contributed by atoms with Crippen molar-refractivity contribution >= 4 is 23.3 Å². The highest BCUT2D eigenvalue weighted by molar-refractivity contribution is 7.80. The first kappa shape index (κ1) is 10.8. The van der Waals surface area contributed by atoms with E-state index in [1.54, 1.807) is 4.90 Å². The number of carbonyl (C=O) groups is 1. The van der Waals surface area contributed by atoms with Crippen LogP contribution in [0.5, 0.6) is 0 Å². The van der Waals surface area contributed by atoms with Gasteiger partial charge in [-0.05, 0) is 31.6 Å². The predicted molar refractivity (Wildman–Crippen MR) is 60.5 cm³/mol. The zero-order chi connectivity index (χ0) is 10.7. The third-order valence-electron chi connectivity index (χ3n) is 2.89. The number of amides is 1. The quantitative estimate of drug-likeness (QED) is 0.670. The molecule has 2 fully saturated rings. The number of hydrogen-bond acceptors (Lipinski definition) is 4. The second-order valence-corrected chi connectivity index (χ2v) is 4.31. The molecule has 0 aromatic rings. The Morgan fingerprint density at radius 2 is 2.33 bits per heavy atom. The van der Waals surface area contributed by atoms with E-state index in [1.807, 2.05) is 0 Å². The van der Waals surface area contributed by atoms with Crippen molar-refractivity contribution in [1.82, 2.24) is 10.2 Å². The van der Waals surface area contributed by atoms with E-state index in [0.29, 0.717) is 18.3 Å². The monoisotopic (exact) mass is 228 g/mol. The van der Waals surface area contributed by atoms with Crippen LogP contribution in [0.4, 0.5) is 0 Å². The van der Waals surface area contributed by atoms with Gasteiger partial charge in [0.15, 0.2) is 0 Å². The summed E-state index contributed by atoms with van der Waals surface area (Å²) in [7, 11) is 0. The minimum atomic E-state index is -0.0628. The standard InChI is InChI=1S/C10H16N2O2S/c13-9(12-6-7-14-10(12)15)8-4-2-1-3-5-11-8/h8,11H,1-7H2/t8-/m1/s1. The lowest BCUT2D eigenvalue weighted by molar-refractivity contribution is -0.129. The zero-order valence-electron chi connectivity index (χ0n) is 8.70. The molecule has 1 N–H and O–H groups in total. The van der Waals surface area contributed by atoms with Crippen molar-refractivity contribution in [2.45, 2.75) is 31.7 Å². The fourth-order valence-corrected chi connectivity index (χ4v) is 2.29. The molecule has 0 aliphatic carbocycles. The minimum absolute atomic E-state index is 0.0628. The SMILES string of the molecule is O=C([C@H]1CCCCCN1)N1CCOC1=S. The number of ether oxygens (including phenoxy) is 1. The molecule has 2 rings (SSSR count). The average Bonchev–Trinajstić information content (AvgIpc) is 2.53. The molecule has 1 atom stereocenters. The van der Waals surface area contributed by atoms with Crippen molar-refractivity contribution < 1.29 is 9.53 Å². The van der Waals surface area contributed by atoms with Crippen LogP contribution in [0.1, 0.15) is 25.7 Å². The Balaban J connectivity index is 1.96. The van der Waals surface area contributed by atoms with Gasteiger partial charge in [0, 0.05) is 0 Å². The van der Waals surface area contributed by atoms with E-state index >= 15 is 0 Å². The van der Waals surface area contributed by atoms with Crippen molar-refractivity contribution in [2.75, 3.05) is 19.7 Å². The van der Waals surface area contributed by atoms with Crippen molar-refractivity contribution in [2.24, 2.45) is 0 Å². The van der Waals surface area contributed by atoms with Crippen LogP contribution < -0.4 is 5.32 Å². The van der Waals surface area contributed by atoms with Crippen LogP contribution in [0.25, 0.3) is 0 Å². The number of carbonyl (C=O) groups excluding carboxylic acids is 1. The Kier molecular flexibility index (Phi) is 3.53. The Labute approximate surface area is 95.0 Å². The largest absolute Gasteiger partial charge is 0.469 e. The van der Waals surface area contributed by atoms with E-state index in [1.165, 1.54) is 6.42 Å². The van der Waals surface area contributed by atoms with Crippen LogP contribution >= 0.6 is 12.2 Å². The molecular weight excluding hydrogens is 212 g/mol. The molecule has 0 bridgehead atoms. The third-order valence-corrected chi connectivity index (χ3v) is 3.22. The van der Waals surface area contributed by atoms with Crippen molar-refractivity contribution in [3.05, 3.63) is 0 Å². The molecule has 84 valence electrons. The van der Waals surface area contributed by atoms with Gasteiger partial charge in [-0.25, -0.2) is 0 Å². The lowest BCUT2D eigenvalue weighted by atomic mass is 10.1. The first-order chi connectivity index (χ1) is 7.29. The fraction of sp³-hybridized carbons (Fsp3) is 0.800. The van der Waals surface area contributed by atoms with Gasteiger partial charge in [-0.1, -0.05) is 12.8 Å². The van der Waals surface area contributed by atoms with Gasteiger partial charge in [0.05, 0.1) is 12.6 Å². The van der Waals surface area contributed by atoms with Crippen molar-refractivity contribution in [3.63, 3.8) is 0 Å². The molecule has 2 aliphatic rings. The molecule has 0 radical (unpaired) electrons. The number of hydrogen-bond donors (Lipinski definition) is 1. The Morgan fingerprint density at radius 1 is 1.47 bits per heavy atom. The van der Waals surface area contributed by atoms with Crippen LogP contribution in [0.2, 0.25) is 0 Å². The summed E-state index contributed by atoms with van der Waals surface area (Å²) in [5.74, 6) is 0.0828. The summed E-state index contributed by atoms with van der Waals surface area (Å²) in [5.41, 5.74) is 0. The normalized spacial score (nSPS) is 27.3. The summed E-state index contributed by atoms with van der Waals surface area (Å²) >= 11 is 4.97. The molecule has 0 aromatic carbocycles. The topological polar surface area (TPSA) is 41.6 Å². The van der Waals surface area contributed by atoms with Gasteiger partial charge in [-0.3, -0.25) is 9.69 Å². The number of rotatable bonds is 1. The van der Waals surface area contributed by atoms with Crippen LogP contribution in [0.3, 0.4) is 0 Å². The van der Waals surface area contributed by atoms with E-state index in [9.17, 15) is 4.79 Å². The average molecular weight is 228 g/mol. The van der Waals surface area contributed by atoms with Crippen molar-refractivity contribution in [1.29, 1.82) is 0 Å². The smallest absolute Gasteiger partial charge is 0.266 e. The second-order valence-electron chi connectivity index (χ2n) is 3.96. The summed E-state index contributed by atoms with van der Waals surface area (Å²) in [5, 5.41) is 3.61. The maximum absolute atomic E-state index is 12.1. The molecule has 2 heterocycles. The van der Waals surface area contributed by atoms with Gasteiger partial charge >= 0.3 is 0 Å². The number of nitrogens with zero attached hydrogens (tertiary/aromatic N) is 1. The highest BCUT2D eigenvalue weighted by Crippen LogP contribution is 2.13. The molecule has 15 heavy (non-hydrogen) atoms. The highest BCUT2D eigenvalue weighted by atomic mass is 32.1. The zero-order valence-corrected chi connectivity index (χ0v) is 9.52. The maximum atomic E-state index is 12.1. The molecule has 0 spiro atoms. The van der Waals surface area contributed by atoms with Crippen LogP contribution in [-0.4, -0.2) is 41.7 Å². The first-order valence-corrected chi connectivity index (χ1v) is 5.91. The van der Waals surface area contributed by atoms with E-state index < -0.39 is 0 Å². The van der Waals surface area contributed by atoms with E-state index in [0.717, 1.165) is 25.8 Å². The van der Waals surface area contributed by atoms with Gasteiger partial charge in [-0.2, -0.15) is 0 Å². The second kappa shape index (κ2) is 4.90. The number of thiocarbonyl (C=S) groups is 1. The van der Waals surface area contributed by atoms with E-state index in [4.69, 9.17) is 17.0 Å².